The minimum atomic E-state index is -1.10. The van der Waals surface area contributed by atoms with E-state index in [1.807, 2.05) is 66.7 Å². The molecule has 0 unspecified atom stereocenters. The Bertz CT molecular complexity index is 1310. The fourth-order valence-corrected chi connectivity index (χ4v) is 5.55. The van der Waals surface area contributed by atoms with Crippen molar-refractivity contribution in [1.29, 1.82) is 0 Å². The molecule has 3 aromatic rings. The maximum Gasteiger partial charge on any atom is 0.326 e. The van der Waals surface area contributed by atoms with Gasteiger partial charge in [0.1, 0.15) is 12.6 Å². The number of carbonyl (C=O) groups is 2. The van der Waals surface area contributed by atoms with Crippen LogP contribution in [0.2, 0.25) is 0 Å². The van der Waals surface area contributed by atoms with E-state index in [0.717, 1.165) is 16.7 Å². The molecule has 2 atom stereocenters. The number of carboxylic acid groups (broad SMARTS) is 1. The normalized spacial score (nSPS) is 21.2. The first kappa shape index (κ1) is 27.7. The fraction of sp³-hybridized carbons (Fsp3) is 0.375. The van der Waals surface area contributed by atoms with Crippen LogP contribution < -0.4 is 9.47 Å². The predicted molar refractivity (Wildman–Crippen MR) is 148 cm³/mol. The first-order valence-corrected chi connectivity index (χ1v) is 13.7. The van der Waals surface area contributed by atoms with Gasteiger partial charge in [0, 0.05) is 18.5 Å². The van der Waals surface area contributed by atoms with Crippen LogP contribution >= 0.6 is 0 Å². The number of rotatable bonds is 9. The summed E-state index contributed by atoms with van der Waals surface area (Å²) in [6.45, 7) is 0.404. The SMILES string of the molecule is COc1ccc2c(c1OCc1ccccc1)C[C@@H](C(=O)O)N(C(=O)[C@@H](OC1CCC(O)CC1)c1ccccc1)C2. The number of amides is 1. The highest BCUT2D eigenvalue weighted by Gasteiger charge is 2.41. The Kier molecular flexibility index (Phi) is 8.67. The molecule has 1 amide bonds. The lowest BCUT2D eigenvalue weighted by Crippen LogP contribution is -2.51. The van der Waals surface area contributed by atoms with Crippen molar-refractivity contribution < 1.29 is 34.0 Å². The zero-order valence-corrected chi connectivity index (χ0v) is 22.6. The first-order chi connectivity index (χ1) is 19.4. The standard InChI is InChI=1S/C32H35NO7/c1-38-28-17-12-23-19-33(27(32(36)37)18-26(23)30(28)39-20-21-8-4-2-5-9-21)31(35)29(22-10-6-3-7-11-22)40-25-15-13-24(34)14-16-25/h2-12,17,24-25,27,29,34H,13-16,18-20H2,1H3,(H,36,37)/t24?,25?,27-,29-/m0/s1. The monoisotopic (exact) mass is 545 g/mol. The van der Waals surface area contributed by atoms with Crippen molar-refractivity contribution in [2.75, 3.05) is 7.11 Å². The van der Waals surface area contributed by atoms with Crippen molar-refractivity contribution >= 4 is 11.9 Å². The number of benzene rings is 3. The molecule has 210 valence electrons. The van der Waals surface area contributed by atoms with Crippen LogP contribution in [0.4, 0.5) is 0 Å². The molecule has 5 rings (SSSR count). The van der Waals surface area contributed by atoms with Gasteiger partial charge < -0.3 is 29.3 Å². The minimum absolute atomic E-state index is 0.0782. The molecule has 1 aliphatic heterocycles. The summed E-state index contributed by atoms with van der Waals surface area (Å²) in [5, 5.41) is 20.2. The molecular formula is C32H35NO7. The van der Waals surface area contributed by atoms with Gasteiger partial charge in [0.15, 0.2) is 17.6 Å². The molecule has 0 bridgehead atoms. The van der Waals surface area contributed by atoms with E-state index in [0.29, 0.717) is 49.4 Å². The molecule has 1 aliphatic carbocycles. The topological polar surface area (TPSA) is 106 Å². The molecule has 8 heteroatoms. The van der Waals surface area contributed by atoms with Crippen molar-refractivity contribution in [2.24, 2.45) is 0 Å². The van der Waals surface area contributed by atoms with E-state index in [1.54, 1.807) is 13.2 Å². The van der Waals surface area contributed by atoms with Gasteiger partial charge >= 0.3 is 5.97 Å². The molecule has 1 heterocycles. The Morgan fingerprint density at radius 1 is 0.950 bits per heavy atom. The second kappa shape index (κ2) is 12.5. The predicted octanol–water partition coefficient (Wildman–Crippen LogP) is 4.67. The van der Waals surface area contributed by atoms with Gasteiger partial charge in [-0.2, -0.15) is 0 Å². The number of ether oxygens (including phenoxy) is 3. The van der Waals surface area contributed by atoms with Crippen LogP contribution in [0.5, 0.6) is 11.5 Å². The van der Waals surface area contributed by atoms with Crippen LogP contribution in [0.25, 0.3) is 0 Å². The van der Waals surface area contributed by atoms with Gasteiger partial charge in [-0.25, -0.2) is 4.79 Å². The Labute approximate surface area is 234 Å². The zero-order valence-electron chi connectivity index (χ0n) is 22.6. The third kappa shape index (κ3) is 6.13. The Hall–Kier alpha value is -3.88. The summed E-state index contributed by atoms with van der Waals surface area (Å²) in [5.74, 6) is -0.469. The summed E-state index contributed by atoms with van der Waals surface area (Å²) >= 11 is 0. The maximum atomic E-state index is 14.1. The lowest BCUT2D eigenvalue weighted by Gasteiger charge is -2.38. The number of nitrogens with zero attached hydrogens (tertiary/aromatic N) is 1. The molecule has 1 saturated carbocycles. The average Bonchev–Trinajstić information content (AvgIpc) is 2.99. The van der Waals surface area contributed by atoms with Gasteiger partial charge in [-0.3, -0.25) is 4.79 Å². The van der Waals surface area contributed by atoms with Gasteiger partial charge in [0.25, 0.3) is 5.91 Å². The first-order valence-electron chi connectivity index (χ1n) is 13.7. The van der Waals surface area contributed by atoms with Crippen LogP contribution in [-0.4, -0.2) is 52.3 Å². The van der Waals surface area contributed by atoms with Crippen molar-refractivity contribution in [3.8, 4) is 11.5 Å². The van der Waals surface area contributed by atoms with Crippen LogP contribution in [0.15, 0.2) is 72.8 Å². The molecule has 3 aromatic carbocycles. The van der Waals surface area contributed by atoms with Crippen molar-refractivity contribution in [3.05, 3.63) is 95.1 Å². The summed E-state index contributed by atoms with van der Waals surface area (Å²) in [5.41, 5.74) is 3.19. The summed E-state index contributed by atoms with van der Waals surface area (Å²) in [4.78, 5) is 28.1. The lowest BCUT2D eigenvalue weighted by atomic mass is 9.91. The molecular weight excluding hydrogens is 510 g/mol. The number of methoxy groups -OCH3 is 1. The summed E-state index contributed by atoms with van der Waals surface area (Å²) < 4.78 is 18.1. The van der Waals surface area contributed by atoms with Crippen molar-refractivity contribution in [3.63, 3.8) is 0 Å². The van der Waals surface area contributed by atoms with E-state index >= 15 is 0 Å². The zero-order chi connectivity index (χ0) is 28.1. The van der Waals surface area contributed by atoms with Gasteiger partial charge in [0.05, 0.1) is 19.3 Å². The smallest absolute Gasteiger partial charge is 0.326 e. The van der Waals surface area contributed by atoms with Gasteiger partial charge in [-0.15, -0.1) is 0 Å². The van der Waals surface area contributed by atoms with Crippen LogP contribution in [0.3, 0.4) is 0 Å². The molecule has 0 spiro atoms. The highest BCUT2D eigenvalue weighted by molar-refractivity contribution is 5.88. The molecule has 40 heavy (non-hydrogen) atoms. The molecule has 8 nitrogen and oxygen atoms in total. The Morgan fingerprint density at radius 2 is 1.62 bits per heavy atom. The third-order valence-corrected chi connectivity index (χ3v) is 7.75. The van der Waals surface area contributed by atoms with E-state index in [2.05, 4.69) is 0 Å². The van der Waals surface area contributed by atoms with Crippen molar-refractivity contribution in [2.45, 2.75) is 69.6 Å². The van der Waals surface area contributed by atoms with Crippen LogP contribution in [-0.2, 0) is 33.9 Å². The summed E-state index contributed by atoms with van der Waals surface area (Å²) in [6, 6.07) is 21.5. The van der Waals surface area contributed by atoms with Crippen LogP contribution in [0, 0.1) is 0 Å². The molecule has 2 aliphatic rings. The number of carboxylic acids is 1. The number of aliphatic carboxylic acids is 1. The minimum Gasteiger partial charge on any atom is -0.493 e. The second-order valence-corrected chi connectivity index (χ2v) is 10.4. The van der Waals surface area contributed by atoms with Gasteiger partial charge in [0.2, 0.25) is 0 Å². The molecule has 0 radical (unpaired) electrons. The third-order valence-electron chi connectivity index (χ3n) is 7.75. The molecule has 0 aromatic heterocycles. The summed E-state index contributed by atoms with van der Waals surface area (Å²) in [7, 11) is 1.55. The van der Waals surface area contributed by atoms with E-state index in [-0.39, 0.29) is 25.2 Å². The second-order valence-electron chi connectivity index (χ2n) is 10.4. The maximum absolute atomic E-state index is 14.1. The number of hydrogen-bond acceptors (Lipinski definition) is 6. The van der Waals surface area contributed by atoms with E-state index in [4.69, 9.17) is 14.2 Å². The highest BCUT2D eigenvalue weighted by atomic mass is 16.5. The fourth-order valence-electron chi connectivity index (χ4n) is 5.55. The van der Waals surface area contributed by atoms with E-state index < -0.39 is 24.0 Å². The largest absolute Gasteiger partial charge is 0.493 e. The number of carbonyl (C=O) groups excluding carboxylic acids is 1. The van der Waals surface area contributed by atoms with Crippen LogP contribution in [0.1, 0.15) is 54.0 Å². The quantitative estimate of drug-likeness (QED) is 0.402. The molecule has 2 N–H and O–H groups in total. The lowest BCUT2D eigenvalue weighted by molar-refractivity contribution is -0.161. The molecule has 0 saturated heterocycles. The number of aliphatic hydroxyl groups is 1. The Morgan fingerprint density at radius 3 is 2.27 bits per heavy atom. The summed E-state index contributed by atoms with van der Waals surface area (Å²) in [6.07, 6.45) is 1.10. The van der Waals surface area contributed by atoms with Crippen molar-refractivity contribution in [1.82, 2.24) is 4.90 Å². The highest BCUT2D eigenvalue weighted by Crippen LogP contribution is 2.40. The number of fused-ring (bicyclic) bond motifs is 1. The Balaban J connectivity index is 1.44. The molecule has 1 fully saturated rings. The van der Waals surface area contributed by atoms with Gasteiger partial charge in [-0.05, 0) is 48.4 Å². The van der Waals surface area contributed by atoms with Gasteiger partial charge in [-0.1, -0.05) is 66.7 Å². The average molecular weight is 546 g/mol. The number of hydrogen-bond donors (Lipinski definition) is 2. The number of aliphatic hydroxyl groups excluding tert-OH is 1. The van der Waals surface area contributed by atoms with E-state index in [1.165, 1.54) is 4.90 Å². The van der Waals surface area contributed by atoms with E-state index in [9.17, 15) is 19.8 Å².